The zero-order valence-electron chi connectivity index (χ0n) is 10.2. The van der Waals surface area contributed by atoms with Gasteiger partial charge in [-0.3, -0.25) is 0 Å². The molecule has 2 atom stereocenters. The molecule has 3 nitrogen and oxygen atoms in total. The molecule has 0 fully saturated rings. The predicted octanol–water partition coefficient (Wildman–Crippen LogP) is 2.97. The Labute approximate surface area is 102 Å². The zero-order valence-corrected chi connectivity index (χ0v) is 10.2. The van der Waals surface area contributed by atoms with Crippen molar-refractivity contribution in [3.63, 3.8) is 0 Å². The Morgan fingerprint density at radius 3 is 2.59 bits per heavy atom. The number of carbonyl (C=O) groups is 1. The fourth-order valence-corrected chi connectivity index (χ4v) is 1.30. The Bertz CT molecular complexity index is 370. The van der Waals surface area contributed by atoms with Crippen molar-refractivity contribution in [3.05, 3.63) is 42.0 Å². The van der Waals surface area contributed by atoms with Crippen LogP contribution >= 0.6 is 0 Å². The topological polar surface area (TPSA) is 46.5 Å². The Morgan fingerprint density at radius 1 is 1.41 bits per heavy atom. The Balaban J connectivity index is 2.67. The van der Waals surface area contributed by atoms with Crippen LogP contribution in [0, 0.1) is 0 Å². The van der Waals surface area contributed by atoms with E-state index < -0.39 is 12.1 Å². The number of carboxylic acid groups (broad SMARTS) is 1. The summed E-state index contributed by atoms with van der Waals surface area (Å²) in [5.41, 5.74) is 0.964. The minimum absolute atomic E-state index is 0.0588. The third-order valence-electron chi connectivity index (χ3n) is 2.46. The van der Waals surface area contributed by atoms with Gasteiger partial charge < -0.3 is 9.84 Å². The van der Waals surface area contributed by atoms with E-state index in [4.69, 9.17) is 9.84 Å². The van der Waals surface area contributed by atoms with Crippen molar-refractivity contribution in [1.82, 2.24) is 0 Å². The highest BCUT2D eigenvalue weighted by Gasteiger charge is 2.16. The number of hydrogen-bond acceptors (Lipinski definition) is 2. The summed E-state index contributed by atoms with van der Waals surface area (Å²) in [6.07, 6.45) is 3.19. The number of carboxylic acids is 1. The second-order valence-corrected chi connectivity index (χ2v) is 3.88. The van der Waals surface area contributed by atoms with Crippen LogP contribution in [0.5, 0.6) is 0 Å². The molecule has 2 unspecified atom stereocenters. The number of hydrogen-bond donors (Lipinski definition) is 1. The van der Waals surface area contributed by atoms with Gasteiger partial charge in [0.1, 0.15) is 0 Å². The van der Waals surface area contributed by atoms with Crippen molar-refractivity contribution in [2.75, 3.05) is 0 Å². The quantitative estimate of drug-likeness (QED) is 0.823. The molecule has 0 aliphatic heterocycles. The molecule has 1 N–H and O–H groups in total. The Kier molecular flexibility index (Phi) is 5.43. The lowest BCUT2D eigenvalue weighted by molar-refractivity contribution is -0.149. The Hall–Kier alpha value is -1.61. The average Bonchev–Trinajstić information content (AvgIpc) is 2.35. The lowest BCUT2D eigenvalue weighted by Crippen LogP contribution is -2.25. The van der Waals surface area contributed by atoms with E-state index in [1.807, 2.05) is 44.2 Å². The molecular weight excluding hydrogens is 216 g/mol. The predicted molar refractivity (Wildman–Crippen MR) is 67.7 cm³/mol. The van der Waals surface area contributed by atoms with Gasteiger partial charge in [-0.2, -0.15) is 0 Å². The molecule has 0 saturated heterocycles. The molecule has 1 rings (SSSR count). The minimum Gasteiger partial charge on any atom is -0.479 e. The third-order valence-corrected chi connectivity index (χ3v) is 2.46. The summed E-state index contributed by atoms with van der Waals surface area (Å²) < 4.78 is 5.40. The molecule has 3 heteroatoms. The van der Waals surface area contributed by atoms with Crippen LogP contribution in [0.1, 0.15) is 25.8 Å². The first-order valence-corrected chi connectivity index (χ1v) is 5.75. The van der Waals surface area contributed by atoms with Crippen molar-refractivity contribution in [3.8, 4) is 0 Å². The molecule has 0 bridgehead atoms. The van der Waals surface area contributed by atoms with E-state index in [1.165, 1.54) is 0 Å². The maximum Gasteiger partial charge on any atom is 0.336 e. The van der Waals surface area contributed by atoms with Crippen LogP contribution in [0.3, 0.4) is 0 Å². The maximum atomic E-state index is 11.0. The summed E-state index contributed by atoms with van der Waals surface area (Å²) in [5.74, 6) is -0.961. The monoisotopic (exact) mass is 234 g/mol. The minimum atomic E-state index is -0.961. The number of aliphatic carboxylic acids is 1. The third kappa shape index (κ3) is 4.83. The summed E-state index contributed by atoms with van der Waals surface area (Å²) in [5, 5.41) is 9.02. The van der Waals surface area contributed by atoms with Gasteiger partial charge in [0.2, 0.25) is 0 Å². The summed E-state index contributed by atoms with van der Waals surface area (Å²) in [6.45, 7) is 3.83. The van der Waals surface area contributed by atoms with E-state index in [9.17, 15) is 4.79 Å². The Morgan fingerprint density at radius 2 is 2.06 bits per heavy atom. The molecule has 0 heterocycles. The molecule has 92 valence electrons. The number of rotatable bonds is 6. The fourth-order valence-electron chi connectivity index (χ4n) is 1.30. The van der Waals surface area contributed by atoms with Crippen molar-refractivity contribution in [2.45, 2.75) is 32.5 Å². The van der Waals surface area contributed by atoms with Gasteiger partial charge >= 0.3 is 5.97 Å². The zero-order chi connectivity index (χ0) is 12.7. The number of benzene rings is 1. The largest absolute Gasteiger partial charge is 0.479 e. The summed E-state index contributed by atoms with van der Waals surface area (Å²) in [7, 11) is 0. The first-order valence-electron chi connectivity index (χ1n) is 5.75. The number of ether oxygens (including phenoxy) is 1. The van der Waals surface area contributed by atoms with Gasteiger partial charge in [-0.25, -0.2) is 4.79 Å². The highest BCUT2D eigenvalue weighted by molar-refractivity contribution is 5.76. The van der Waals surface area contributed by atoms with Crippen LogP contribution in [0.25, 0.3) is 6.08 Å². The first-order chi connectivity index (χ1) is 8.13. The highest BCUT2D eigenvalue weighted by Crippen LogP contribution is 2.07. The van der Waals surface area contributed by atoms with Crippen LogP contribution in [0.15, 0.2) is 36.4 Å². The van der Waals surface area contributed by atoms with Crippen LogP contribution < -0.4 is 0 Å². The van der Waals surface area contributed by atoms with Crippen molar-refractivity contribution < 1.29 is 14.6 Å². The van der Waals surface area contributed by atoms with Crippen LogP contribution in [-0.4, -0.2) is 23.3 Å². The molecule has 0 saturated carbocycles. The standard InChI is InChI=1S/C14H18O3/c1-3-11(2)17-13(14(15)16)10-9-12-7-5-4-6-8-12/h4-11,13H,3H2,1-2H3,(H,15,16). The molecule has 17 heavy (non-hydrogen) atoms. The van der Waals surface area contributed by atoms with Crippen LogP contribution in [0.2, 0.25) is 0 Å². The summed E-state index contributed by atoms with van der Waals surface area (Å²) in [6, 6.07) is 9.56. The van der Waals surface area contributed by atoms with Gasteiger partial charge in [-0.1, -0.05) is 43.3 Å². The summed E-state index contributed by atoms with van der Waals surface area (Å²) in [4.78, 5) is 11.0. The average molecular weight is 234 g/mol. The lowest BCUT2D eigenvalue weighted by atomic mass is 10.2. The molecule has 0 aliphatic carbocycles. The van der Waals surface area contributed by atoms with Crippen LogP contribution in [0.4, 0.5) is 0 Å². The molecule has 0 spiro atoms. The van der Waals surface area contributed by atoms with Gasteiger partial charge in [0.25, 0.3) is 0 Å². The second kappa shape index (κ2) is 6.86. The highest BCUT2D eigenvalue weighted by atomic mass is 16.5. The van der Waals surface area contributed by atoms with Crippen molar-refractivity contribution >= 4 is 12.0 Å². The van der Waals surface area contributed by atoms with Gasteiger partial charge in [-0.15, -0.1) is 0 Å². The maximum absolute atomic E-state index is 11.0. The van der Waals surface area contributed by atoms with E-state index >= 15 is 0 Å². The fraction of sp³-hybridized carbons (Fsp3) is 0.357. The van der Waals surface area contributed by atoms with E-state index in [0.717, 1.165) is 12.0 Å². The van der Waals surface area contributed by atoms with Gasteiger partial charge in [0, 0.05) is 0 Å². The molecule has 0 amide bonds. The molecule has 1 aromatic rings. The van der Waals surface area contributed by atoms with E-state index in [-0.39, 0.29) is 6.10 Å². The van der Waals surface area contributed by atoms with Gasteiger partial charge in [0.15, 0.2) is 6.10 Å². The first kappa shape index (κ1) is 13.5. The van der Waals surface area contributed by atoms with E-state index in [1.54, 1.807) is 12.2 Å². The SMILES string of the molecule is CCC(C)OC(C=Cc1ccccc1)C(=O)O. The second-order valence-electron chi connectivity index (χ2n) is 3.88. The molecule has 0 radical (unpaired) electrons. The van der Waals surface area contributed by atoms with Crippen LogP contribution in [-0.2, 0) is 9.53 Å². The normalized spacial score (nSPS) is 14.7. The van der Waals surface area contributed by atoms with Crippen molar-refractivity contribution in [2.24, 2.45) is 0 Å². The smallest absolute Gasteiger partial charge is 0.336 e. The van der Waals surface area contributed by atoms with E-state index in [0.29, 0.717) is 0 Å². The van der Waals surface area contributed by atoms with Gasteiger partial charge in [0.05, 0.1) is 6.10 Å². The molecule has 1 aromatic carbocycles. The lowest BCUT2D eigenvalue weighted by Gasteiger charge is -2.15. The van der Waals surface area contributed by atoms with Crippen molar-refractivity contribution in [1.29, 1.82) is 0 Å². The molecular formula is C14H18O3. The van der Waals surface area contributed by atoms with E-state index in [2.05, 4.69) is 0 Å². The van der Waals surface area contributed by atoms with Gasteiger partial charge in [-0.05, 0) is 25.0 Å². The molecule has 0 aromatic heterocycles. The molecule has 0 aliphatic rings. The summed E-state index contributed by atoms with van der Waals surface area (Å²) >= 11 is 0.